The molecule has 0 bridgehead atoms. The highest BCUT2D eigenvalue weighted by atomic mass is 35.5. The summed E-state index contributed by atoms with van der Waals surface area (Å²) in [6.07, 6.45) is 13.1. The third-order valence-corrected chi connectivity index (χ3v) is 8.76. The number of likely N-dealkylation sites (tertiary alicyclic amines) is 1. The summed E-state index contributed by atoms with van der Waals surface area (Å²) in [5, 5.41) is 4.21. The Hall–Kier alpha value is -2.97. The minimum Gasteiger partial charge on any atom is -0.366 e. The third kappa shape index (κ3) is 11.4. The number of hydrogen-bond acceptors (Lipinski definition) is 6. The van der Waals surface area contributed by atoms with Gasteiger partial charge in [-0.25, -0.2) is 10.5 Å². The van der Waals surface area contributed by atoms with Crippen LogP contribution in [-0.2, 0) is 4.84 Å². The maximum absolute atomic E-state index is 6.59. The first-order chi connectivity index (χ1) is 21.8. The SMILES string of the molecule is C=N/C=C(/C=C(\CCN(C)C)c1ccc(Cl)cc1C1CCCCN1C)C(=N/CNc1ccc(C(CCC)CCC)cc1)\NOC. The van der Waals surface area contributed by atoms with Crippen molar-refractivity contribution in [3.8, 4) is 0 Å². The molecular formula is C37H55ClN6O. The maximum Gasteiger partial charge on any atom is 0.155 e. The molecule has 2 N–H and O–H groups in total. The second-order valence-corrected chi connectivity index (χ2v) is 12.7. The van der Waals surface area contributed by atoms with Crippen molar-refractivity contribution in [2.24, 2.45) is 9.98 Å². The van der Waals surface area contributed by atoms with Gasteiger partial charge in [-0.15, -0.1) is 0 Å². The standard InChI is InChI=1S/C37H55ClN6O/c1-8-12-28(13-9-2)29-15-18-33(19-16-29)40-27-41-37(42-45-7)31(26-39-3)24-30(21-23-43(4)5)34-20-17-32(38)25-35(34)36-14-10-11-22-44(36)6/h15-20,24-26,28,36,40H,3,8-14,21-23,27H2,1-2,4-7H3,(H,41,42)/b30-24+,31-26-. The van der Waals surface area contributed by atoms with E-state index in [9.17, 15) is 0 Å². The van der Waals surface area contributed by atoms with Crippen molar-refractivity contribution in [2.75, 3.05) is 53.3 Å². The molecule has 0 saturated carbocycles. The van der Waals surface area contributed by atoms with Crippen LogP contribution >= 0.6 is 11.6 Å². The molecule has 1 fully saturated rings. The van der Waals surface area contributed by atoms with E-state index in [1.165, 1.54) is 60.8 Å². The smallest absolute Gasteiger partial charge is 0.155 e. The summed E-state index contributed by atoms with van der Waals surface area (Å²) >= 11 is 6.59. The van der Waals surface area contributed by atoms with Gasteiger partial charge in [0, 0.05) is 35.1 Å². The Morgan fingerprint density at radius 3 is 2.49 bits per heavy atom. The van der Waals surface area contributed by atoms with Gasteiger partial charge in [-0.3, -0.25) is 14.7 Å². The van der Waals surface area contributed by atoms with Crippen molar-refractivity contribution < 1.29 is 4.84 Å². The minimum atomic E-state index is 0.320. The summed E-state index contributed by atoms with van der Waals surface area (Å²) in [5.74, 6) is 1.20. The first kappa shape index (κ1) is 36.5. The van der Waals surface area contributed by atoms with Crippen LogP contribution in [0.5, 0.6) is 0 Å². The van der Waals surface area contributed by atoms with E-state index in [2.05, 4.69) is 110 Å². The normalized spacial score (nSPS) is 16.8. The van der Waals surface area contributed by atoms with E-state index in [0.29, 0.717) is 24.5 Å². The Bertz CT molecular complexity index is 1280. The Kier molecular flexibility index (Phi) is 15.8. The quantitative estimate of drug-likeness (QED) is 0.0788. The molecule has 0 amide bonds. The van der Waals surface area contributed by atoms with Gasteiger partial charge < -0.3 is 10.2 Å². The number of halogens is 1. The van der Waals surface area contributed by atoms with E-state index in [1.54, 1.807) is 13.3 Å². The summed E-state index contributed by atoms with van der Waals surface area (Å²) in [7, 11) is 8.01. The van der Waals surface area contributed by atoms with Crippen molar-refractivity contribution in [3.05, 3.63) is 82.0 Å². The maximum atomic E-state index is 6.59. The van der Waals surface area contributed by atoms with Crippen molar-refractivity contribution >= 4 is 35.4 Å². The largest absolute Gasteiger partial charge is 0.366 e. The highest BCUT2D eigenvalue weighted by molar-refractivity contribution is 6.30. The van der Waals surface area contributed by atoms with Crippen LogP contribution in [0, 0.1) is 0 Å². The lowest BCUT2D eigenvalue weighted by atomic mass is 9.87. The first-order valence-corrected chi connectivity index (χ1v) is 16.9. The van der Waals surface area contributed by atoms with Crippen molar-refractivity contribution in [3.63, 3.8) is 0 Å². The van der Waals surface area contributed by atoms with Crippen LogP contribution in [0.4, 0.5) is 5.69 Å². The van der Waals surface area contributed by atoms with Gasteiger partial charge in [-0.05, 0) is 125 Å². The van der Waals surface area contributed by atoms with Gasteiger partial charge >= 0.3 is 0 Å². The molecule has 1 unspecified atom stereocenters. The Morgan fingerprint density at radius 1 is 1.13 bits per heavy atom. The zero-order valence-electron chi connectivity index (χ0n) is 28.4. The molecule has 45 heavy (non-hydrogen) atoms. The van der Waals surface area contributed by atoms with Gasteiger partial charge in [0.1, 0.15) is 6.67 Å². The number of hydroxylamine groups is 1. The number of nitrogens with one attached hydrogen (secondary N) is 2. The number of amidine groups is 1. The molecule has 2 aromatic carbocycles. The summed E-state index contributed by atoms with van der Waals surface area (Å²) in [6, 6.07) is 15.4. The zero-order valence-corrected chi connectivity index (χ0v) is 29.2. The minimum absolute atomic E-state index is 0.320. The predicted octanol–water partition coefficient (Wildman–Crippen LogP) is 8.72. The van der Waals surface area contributed by atoms with Gasteiger partial charge in [-0.2, -0.15) is 0 Å². The molecule has 0 spiro atoms. The van der Waals surface area contributed by atoms with Gasteiger partial charge in [-0.1, -0.05) is 62.9 Å². The van der Waals surface area contributed by atoms with Crippen LogP contribution in [0.25, 0.3) is 5.57 Å². The average Bonchev–Trinajstić information content (AvgIpc) is 3.03. The molecular weight excluding hydrogens is 580 g/mol. The summed E-state index contributed by atoms with van der Waals surface area (Å²) in [6.45, 7) is 10.6. The van der Waals surface area contributed by atoms with Crippen molar-refractivity contribution in [2.45, 2.75) is 77.2 Å². The van der Waals surface area contributed by atoms with Crippen LogP contribution in [0.2, 0.25) is 5.02 Å². The molecule has 0 radical (unpaired) electrons. The van der Waals surface area contributed by atoms with Crippen LogP contribution in [-0.4, -0.2) is 70.4 Å². The van der Waals surface area contributed by atoms with Crippen LogP contribution < -0.4 is 10.8 Å². The van der Waals surface area contributed by atoms with Crippen molar-refractivity contribution in [1.29, 1.82) is 0 Å². The van der Waals surface area contributed by atoms with E-state index in [4.69, 9.17) is 21.4 Å². The molecule has 1 atom stereocenters. The molecule has 1 heterocycles. The number of aliphatic imine (C=N–C) groups is 2. The Morgan fingerprint density at radius 2 is 1.87 bits per heavy atom. The number of nitrogens with zero attached hydrogens (tertiary/aromatic N) is 4. The Labute approximate surface area is 277 Å². The van der Waals surface area contributed by atoms with E-state index in [1.807, 2.05) is 6.07 Å². The zero-order chi connectivity index (χ0) is 32.6. The fourth-order valence-electron chi connectivity index (χ4n) is 6.19. The first-order valence-electron chi connectivity index (χ1n) is 16.5. The lowest BCUT2D eigenvalue weighted by Crippen LogP contribution is -2.30. The van der Waals surface area contributed by atoms with E-state index < -0.39 is 0 Å². The fourth-order valence-corrected chi connectivity index (χ4v) is 6.37. The van der Waals surface area contributed by atoms with E-state index in [-0.39, 0.29) is 0 Å². The predicted molar refractivity (Wildman–Crippen MR) is 195 cm³/mol. The second kappa shape index (κ2) is 19.5. The fraction of sp³-hybridized carbons (Fsp3) is 0.514. The molecule has 1 aliphatic rings. The molecule has 1 aliphatic heterocycles. The monoisotopic (exact) mass is 634 g/mol. The number of rotatable bonds is 17. The van der Waals surface area contributed by atoms with Gasteiger partial charge in [0.25, 0.3) is 0 Å². The lowest BCUT2D eigenvalue weighted by Gasteiger charge is -2.34. The molecule has 2 aromatic rings. The summed E-state index contributed by atoms with van der Waals surface area (Å²) in [4.78, 5) is 19.0. The molecule has 1 saturated heterocycles. The third-order valence-electron chi connectivity index (χ3n) is 8.53. The molecule has 7 nitrogen and oxygen atoms in total. The van der Waals surface area contributed by atoms with E-state index in [0.717, 1.165) is 42.2 Å². The van der Waals surface area contributed by atoms with Crippen molar-refractivity contribution in [1.82, 2.24) is 15.3 Å². The number of benzene rings is 2. The van der Waals surface area contributed by atoms with Gasteiger partial charge in [0.05, 0.1) is 7.11 Å². The number of hydrogen-bond donors (Lipinski definition) is 2. The lowest BCUT2D eigenvalue weighted by molar-refractivity contribution is 0.144. The van der Waals surface area contributed by atoms with Crippen LogP contribution in [0.1, 0.15) is 93.9 Å². The summed E-state index contributed by atoms with van der Waals surface area (Å²) < 4.78 is 0. The van der Waals surface area contributed by atoms with Gasteiger partial charge in [0.15, 0.2) is 5.84 Å². The number of piperidine rings is 1. The highest BCUT2D eigenvalue weighted by Gasteiger charge is 2.25. The van der Waals surface area contributed by atoms with Gasteiger partial charge in [0.2, 0.25) is 0 Å². The second-order valence-electron chi connectivity index (χ2n) is 12.3. The highest BCUT2D eigenvalue weighted by Crippen LogP contribution is 2.37. The topological polar surface area (TPSA) is 64.5 Å². The van der Waals surface area contributed by atoms with E-state index >= 15 is 0 Å². The molecule has 0 aromatic heterocycles. The van der Waals surface area contributed by atoms with Crippen LogP contribution in [0.3, 0.4) is 0 Å². The summed E-state index contributed by atoms with van der Waals surface area (Å²) in [5.41, 5.74) is 9.88. The number of anilines is 1. The molecule has 3 rings (SSSR count). The molecule has 246 valence electrons. The average molecular weight is 635 g/mol. The molecule has 8 heteroatoms. The van der Waals surface area contributed by atoms with Crippen LogP contribution in [0.15, 0.2) is 70.3 Å². The molecule has 0 aliphatic carbocycles. The Balaban J connectivity index is 1.93.